The number of aryl methyl sites for hydroxylation is 1. The molecule has 0 saturated heterocycles. The van der Waals surface area contributed by atoms with Crippen LogP contribution in [0.4, 0.5) is 0 Å². The lowest BCUT2D eigenvalue weighted by molar-refractivity contribution is 0.357. The average molecular weight is 332 g/mol. The molecule has 1 unspecified atom stereocenters. The molecular weight excluding hydrogens is 314 g/mol. The second-order valence-electron chi connectivity index (χ2n) is 5.24. The maximum atomic E-state index is 6.28. The van der Waals surface area contributed by atoms with Gasteiger partial charge in [0.05, 0.1) is 6.61 Å². The first kappa shape index (κ1) is 13.7. The average Bonchev–Trinajstić information content (AvgIpc) is 2.92. The topological polar surface area (TPSA) is 35.2 Å². The van der Waals surface area contributed by atoms with Gasteiger partial charge in [-0.05, 0) is 47.7 Å². The first-order chi connectivity index (χ1) is 9.72. The molecule has 3 rings (SSSR count). The normalized spacial score (nSPS) is 14.7. The van der Waals surface area contributed by atoms with Crippen molar-refractivity contribution in [1.29, 1.82) is 0 Å². The number of fused-ring (bicyclic) bond motifs is 1. The Balaban J connectivity index is 1.64. The van der Waals surface area contributed by atoms with E-state index in [1.807, 2.05) is 12.1 Å². The van der Waals surface area contributed by atoms with Crippen molar-refractivity contribution in [1.82, 2.24) is 0 Å². The van der Waals surface area contributed by atoms with Gasteiger partial charge in [-0.1, -0.05) is 40.2 Å². The lowest BCUT2D eigenvalue weighted by atomic mass is 9.98. The molecule has 104 valence electrons. The van der Waals surface area contributed by atoms with Crippen molar-refractivity contribution in [2.75, 3.05) is 6.61 Å². The van der Waals surface area contributed by atoms with E-state index in [0.29, 0.717) is 0 Å². The largest absolute Gasteiger partial charge is 0.493 e. The van der Waals surface area contributed by atoms with Gasteiger partial charge in [0.2, 0.25) is 0 Å². The van der Waals surface area contributed by atoms with Crippen LogP contribution in [0.1, 0.15) is 29.2 Å². The van der Waals surface area contributed by atoms with Gasteiger partial charge in [0.25, 0.3) is 0 Å². The minimum absolute atomic E-state index is 0.0806. The fraction of sp³-hybridized carbons (Fsp3) is 0.294. The summed E-state index contributed by atoms with van der Waals surface area (Å²) >= 11 is 3.49. The number of hydrogen-bond donors (Lipinski definition) is 1. The Morgan fingerprint density at radius 1 is 1.20 bits per heavy atom. The highest BCUT2D eigenvalue weighted by molar-refractivity contribution is 9.10. The van der Waals surface area contributed by atoms with Crippen LogP contribution in [-0.4, -0.2) is 6.61 Å². The summed E-state index contributed by atoms with van der Waals surface area (Å²) < 4.78 is 6.62. The summed E-state index contributed by atoms with van der Waals surface area (Å²) in [4.78, 5) is 0. The van der Waals surface area contributed by atoms with Crippen LogP contribution >= 0.6 is 15.9 Å². The molecule has 2 aromatic rings. The van der Waals surface area contributed by atoms with Crippen molar-refractivity contribution in [3.63, 3.8) is 0 Å². The molecule has 0 saturated carbocycles. The van der Waals surface area contributed by atoms with Crippen LogP contribution in [0.15, 0.2) is 46.9 Å². The molecule has 2 N–H and O–H groups in total. The Morgan fingerprint density at radius 3 is 2.95 bits per heavy atom. The quantitative estimate of drug-likeness (QED) is 0.918. The molecule has 1 heterocycles. The summed E-state index contributed by atoms with van der Waals surface area (Å²) in [5.41, 5.74) is 10.1. The van der Waals surface area contributed by atoms with E-state index >= 15 is 0 Å². The van der Waals surface area contributed by atoms with Crippen LogP contribution in [0.5, 0.6) is 5.75 Å². The summed E-state index contributed by atoms with van der Waals surface area (Å²) in [6, 6.07) is 14.8. The van der Waals surface area contributed by atoms with Gasteiger partial charge in [-0.25, -0.2) is 0 Å². The summed E-state index contributed by atoms with van der Waals surface area (Å²) in [5.74, 6) is 1.05. The summed E-state index contributed by atoms with van der Waals surface area (Å²) in [5, 5.41) is 0. The van der Waals surface area contributed by atoms with E-state index in [1.54, 1.807) is 0 Å². The lowest BCUT2D eigenvalue weighted by Crippen LogP contribution is -2.11. The van der Waals surface area contributed by atoms with Gasteiger partial charge in [-0.3, -0.25) is 0 Å². The zero-order chi connectivity index (χ0) is 13.9. The molecule has 1 aliphatic rings. The van der Waals surface area contributed by atoms with Crippen LogP contribution in [0.2, 0.25) is 0 Å². The molecule has 2 aromatic carbocycles. The molecule has 0 bridgehead atoms. The Morgan fingerprint density at radius 2 is 2.10 bits per heavy atom. The van der Waals surface area contributed by atoms with Crippen LogP contribution in [0, 0.1) is 0 Å². The van der Waals surface area contributed by atoms with Gasteiger partial charge < -0.3 is 10.5 Å². The molecule has 0 aromatic heterocycles. The van der Waals surface area contributed by atoms with Gasteiger partial charge >= 0.3 is 0 Å². The maximum Gasteiger partial charge on any atom is 0.122 e. The number of ether oxygens (including phenoxy) is 1. The van der Waals surface area contributed by atoms with Crippen LogP contribution in [-0.2, 0) is 12.8 Å². The van der Waals surface area contributed by atoms with E-state index in [0.717, 1.165) is 36.1 Å². The first-order valence-electron chi connectivity index (χ1n) is 6.98. The van der Waals surface area contributed by atoms with Gasteiger partial charge in [-0.2, -0.15) is 0 Å². The third-order valence-electron chi connectivity index (χ3n) is 3.77. The van der Waals surface area contributed by atoms with Crippen LogP contribution in [0.3, 0.4) is 0 Å². The van der Waals surface area contributed by atoms with E-state index in [4.69, 9.17) is 10.5 Å². The van der Waals surface area contributed by atoms with Crippen molar-refractivity contribution in [3.8, 4) is 5.75 Å². The highest BCUT2D eigenvalue weighted by Crippen LogP contribution is 2.27. The van der Waals surface area contributed by atoms with Gasteiger partial charge in [0.15, 0.2) is 0 Å². The van der Waals surface area contributed by atoms with E-state index < -0.39 is 0 Å². The Bertz CT molecular complexity index is 612. The monoisotopic (exact) mass is 331 g/mol. The van der Waals surface area contributed by atoms with Crippen molar-refractivity contribution in [2.45, 2.75) is 25.3 Å². The lowest BCUT2D eigenvalue weighted by Gasteiger charge is -2.13. The fourth-order valence-electron chi connectivity index (χ4n) is 2.62. The number of nitrogens with two attached hydrogens (primary N) is 1. The standard InChI is InChI=1S/C17H18BrNO/c18-15-3-1-2-13(11-15)16(19)6-4-12-5-7-17-14(10-12)8-9-20-17/h1-3,5,7,10-11,16H,4,6,8-9,19H2. The second kappa shape index (κ2) is 5.98. The van der Waals surface area contributed by atoms with Crippen molar-refractivity contribution < 1.29 is 4.74 Å². The minimum atomic E-state index is 0.0806. The molecule has 1 atom stereocenters. The third kappa shape index (κ3) is 3.05. The molecule has 2 nitrogen and oxygen atoms in total. The summed E-state index contributed by atoms with van der Waals surface area (Å²) in [6.07, 6.45) is 2.98. The fourth-order valence-corrected chi connectivity index (χ4v) is 3.04. The number of rotatable bonds is 4. The highest BCUT2D eigenvalue weighted by Gasteiger charge is 2.13. The maximum absolute atomic E-state index is 6.28. The molecule has 1 aliphatic heterocycles. The smallest absolute Gasteiger partial charge is 0.122 e. The zero-order valence-corrected chi connectivity index (χ0v) is 12.9. The van der Waals surface area contributed by atoms with Crippen LogP contribution in [0.25, 0.3) is 0 Å². The molecule has 20 heavy (non-hydrogen) atoms. The molecule has 0 fully saturated rings. The predicted molar refractivity (Wildman–Crippen MR) is 85.0 cm³/mol. The Hall–Kier alpha value is -1.32. The highest BCUT2D eigenvalue weighted by atomic mass is 79.9. The van der Waals surface area contributed by atoms with Gasteiger partial charge in [-0.15, -0.1) is 0 Å². The first-order valence-corrected chi connectivity index (χ1v) is 7.77. The Kier molecular flexibility index (Phi) is 4.08. The van der Waals surface area contributed by atoms with Crippen molar-refractivity contribution in [3.05, 3.63) is 63.6 Å². The van der Waals surface area contributed by atoms with Crippen LogP contribution < -0.4 is 10.5 Å². The molecule has 0 spiro atoms. The number of halogens is 1. The van der Waals surface area contributed by atoms with E-state index in [1.165, 1.54) is 16.7 Å². The second-order valence-corrected chi connectivity index (χ2v) is 6.16. The minimum Gasteiger partial charge on any atom is -0.493 e. The number of benzene rings is 2. The number of hydrogen-bond acceptors (Lipinski definition) is 2. The molecule has 3 heteroatoms. The third-order valence-corrected chi connectivity index (χ3v) is 4.27. The van der Waals surface area contributed by atoms with Gasteiger partial charge in [0.1, 0.15) is 5.75 Å². The molecule has 0 aliphatic carbocycles. The van der Waals surface area contributed by atoms with Gasteiger partial charge in [0, 0.05) is 16.9 Å². The molecular formula is C17H18BrNO. The van der Waals surface area contributed by atoms with Crippen molar-refractivity contribution in [2.24, 2.45) is 5.73 Å². The zero-order valence-electron chi connectivity index (χ0n) is 11.3. The summed E-state index contributed by atoms with van der Waals surface area (Å²) in [7, 11) is 0. The van der Waals surface area contributed by atoms with E-state index in [-0.39, 0.29) is 6.04 Å². The summed E-state index contributed by atoms with van der Waals surface area (Å²) in [6.45, 7) is 0.816. The van der Waals surface area contributed by atoms with Crippen molar-refractivity contribution >= 4 is 15.9 Å². The Labute approximate surface area is 128 Å². The van der Waals surface area contributed by atoms with E-state index in [9.17, 15) is 0 Å². The SMILES string of the molecule is NC(CCc1ccc2c(c1)CCO2)c1cccc(Br)c1. The molecule has 0 amide bonds. The van der Waals surface area contributed by atoms with E-state index in [2.05, 4.69) is 46.3 Å². The molecule has 0 radical (unpaired) electrons. The predicted octanol–water partition coefficient (Wildman–Crippen LogP) is 4.02.